The molecule has 3 aliphatic heterocycles. The van der Waals surface area contributed by atoms with E-state index in [9.17, 15) is 85.6 Å². The Kier molecular flexibility index (Phi) is 8.31. The Morgan fingerprint density at radius 3 is 1.07 bits per heavy atom. The lowest BCUT2D eigenvalue weighted by atomic mass is 9.91. The molecule has 4 unspecified atom stereocenters. The Labute approximate surface area is 308 Å². The summed E-state index contributed by atoms with van der Waals surface area (Å²) >= 11 is 0. The van der Waals surface area contributed by atoms with E-state index in [1.807, 2.05) is 0 Å². The van der Waals surface area contributed by atoms with Crippen LogP contribution in [0.4, 0.5) is 0 Å². The van der Waals surface area contributed by atoms with Gasteiger partial charge < -0.3 is 90.1 Å². The first-order valence-corrected chi connectivity index (χ1v) is 15.6. The molecule has 3 heterocycles. The highest BCUT2D eigenvalue weighted by Crippen LogP contribution is 2.55. The zero-order chi connectivity index (χ0) is 40.8. The lowest BCUT2D eigenvalue weighted by Gasteiger charge is -2.43. The van der Waals surface area contributed by atoms with Crippen molar-refractivity contribution in [2.75, 3.05) is 6.61 Å². The van der Waals surface area contributed by atoms with E-state index in [0.29, 0.717) is 24.3 Å². The standard InChI is InChI=1S/C34H24O22/c35-10-1-6-15(23(43)19(10)39)16-7(2-11(36)20(40)24(16)44)31(48)54-27-14(5-52-30(6)47)53-34(51)29-28(27)55-32(49)8-3-12(37)21(41)25(45)17(8)18-9(33(50)56-29)4-13(38)22(42)26(18)46/h1-4,14,27-29,34-46,51H,5H2/t14?,27?,28?,29?,34-/m1/s1. The first-order valence-electron chi connectivity index (χ1n) is 15.6. The zero-order valence-electron chi connectivity index (χ0n) is 27.4. The molecule has 0 saturated carbocycles. The lowest BCUT2D eigenvalue weighted by Crippen LogP contribution is -2.62. The average Bonchev–Trinajstić information content (AvgIpc) is 3.16. The lowest BCUT2D eigenvalue weighted by molar-refractivity contribution is -0.284. The number of carbonyl (C=O) groups is 4. The fourth-order valence-electron chi connectivity index (χ4n) is 6.46. The van der Waals surface area contributed by atoms with Crippen LogP contribution < -0.4 is 0 Å². The largest absolute Gasteiger partial charge is 0.504 e. The number of hydrogen-bond donors (Lipinski definition) is 13. The number of cyclic esters (lactones) is 1. The summed E-state index contributed by atoms with van der Waals surface area (Å²) in [5, 5.41) is 137. The maximum atomic E-state index is 14.1. The van der Waals surface area contributed by atoms with Gasteiger partial charge in [-0.2, -0.15) is 0 Å². The van der Waals surface area contributed by atoms with Crippen molar-refractivity contribution in [3.8, 4) is 91.2 Å². The van der Waals surface area contributed by atoms with Gasteiger partial charge in [0.1, 0.15) is 12.7 Å². The summed E-state index contributed by atoms with van der Waals surface area (Å²) in [7, 11) is 0. The first-order chi connectivity index (χ1) is 26.3. The minimum Gasteiger partial charge on any atom is -0.504 e. The maximum Gasteiger partial charge on any atom is 0.339 e. The SMILES string of the molecule is O=C1OCC2O[C@@H](O)C3OC(=O)c4cc(O)c(O)c(O)c4-c4c(cc(O)c(O)c4O)C(=O)OC3C2OC(=O)c2cc(O)c(O)c(O)c2-c2c1cc(O)c(O)c2O. The maximum absolute atomic E-state index is 14.1. The van der Waals surface area contributed by atoms with Crippen LogP contribution in [0.1, 0.15) is 41.4 Å². The Hall–Kier alpha value is -7.72. The van der Waals surface area contributed by atoms with Crippen molar-refractivity contribution >= 4 is 23.9 Å². The number of aliphatic hydroxyl groups excluding tert-OH is 1. The molecule has 1 saturated heterocycles. The monoisotopic (exact) mass is 784 g/mol. The van der Waals surface area contributed by atoms with Crippen molar-refractivity contribution in [3.05, 3.63) is 46.5 Å². The van der Waals surface area contributed by atoms with Crippen LogP contribution in [0.5, 0.6) is 69.0 Å². The van der Waals surface area contributed by atoms with E-state index in [1.54, 1.807) is 0 Å². The minimum atomic E-state index is -2.40. The molecule has 22 heteroatoms. The van der Waals surface area contributed by atoms with Crippen molar-refractivity contribution in [2.24, 2.45) is 0 Å². The van der Waals surface area contributed by atoms with Crippen molar-refractivity contribution in [1.82, 2.24) is 0 Å². The van der Waals surface area contributed by atoms with Crippen LogP contribution in [0.25, 0.3) is 22.3 Å². The predicted molar refractivity (Wildman–Crippen MR) is 173 cm³/mol. The van der Waals surface area contributed by atoms with E-state index in [1.165, 1.54) is 0 Å². The fourth-order valence-corrected chi connectivity index (χ4v) is 6.46. The second-order valence-corrected chi connectivity index (χ2v) is 12.3. The van der Waals surface area contributed by atoms with Crippen molar-refractivity contribution in [2.45, 2.75) is 30.7 Å². The molecule has 22 nitrogen and oxygen atoms in total. The third-order valence-corrected chi connectivity index (χ3v) is 9.11. The third-order valence-electron chi connectivity index (χ3n) is 9.11. The predicted octanol–water partition coefficient (Wildman–Crippen LogP) is 0.665. The van der Waals surface area contributed by atoms with Gasteiger partial charge in [-0.25, -0.2) is 19.2 Å². The van der Waals surface area contributed by atoms with Crippen molar-refractivity contribution in [1.29, 1.82) is 0 Å². The van der Waals surface area contributed by atoms with Crippen LogP contribution in [-0.4, -0.2) is 128 Å². The van der Waals surface area contributed by atoms with Crippen molar-refractivity contribution in [3.63, 3.8) is 0 Å². The molecule has 13 N–H and O–H groups in total. The second kappa shape index (κ2) is 12.7. The van der Waals surface area contributed by atoms with Crippen LogP contribution in [0.3, 0.4) is 0 Å². The van der Waals surface area contributed by atoms with Gasteiger partial charge in [0.25, 0.3) is 0 Å². The zero-order valence-corrected chi connectivity index (χ0v) is 27.4. The summed E-state index contributed by atoms with van der Waals surface area (Å²) in [5.41, 5.74) is -7.76. The topological polar surface area (TPSA) is 377 Å². The number of phenolic OH excluding ortho intramolecular Hbond substituents is 12. The first kappa shape index (κ1) is 36.6. The molecule has 3 aliphatic rings. The molecule has 0 bridgehead atoms. The second-order valence-electron chi connectivity index (χ2n) is 12.3. The van der Waals surface area contributed by atoms with Gasteiger partial charge >= 0.3 is 23.9 Å². The summed E-state index contributed by atoms with van der Waals surface area (Å²) in [6.07, 6.45) is -11.1. The van der Waals surface area contributed by atoms with Crippen molar-refractivity contribution < 1.29 is 109 Å². The van der Waals surface area contributed by atoms with Gasteiger partial charge in [0.05, 0.1) is 22.3 Å². The Morgan fingerprint density at radius 1 is 0.411 bits per heavy atom. The molecule has 0 aromatic heterocycles. The molecule has 292 valence electrons. The van der Waals surface area contributed by atoms with E-state index in [-0.39, 0.29) is 0 Å². The number of fused-ring (bicyclic) bond motifs is 9. The number of ether oxygens (including phenoxy) is 5. The van der Waals surface area contributed by atoms with Gasteiger partial charge in [-0.1, -0.05) is 0 Å². The van der Waals surface area contributed by atoms with Crippen LogP contribution in [-0.2, 0) is 23.7 Å². The highest BCUT2D eigenvalue weighted by Gasteiger charge is 2.54. The van der Waals surface area contributed by atoms with E-state index in [2.05, 4.69) is 0 Å². The van der Waals surface area contributed by atoms with Gasteiger partial charge in [0, 0.05) is 22.3 Å². The van der Waals surface area contributed by atoms with E-state index < -0.39 is 175 Å². The number of aliphatic hydroxyl groups is 1. The molecule has 0 spiro atoms. The molecule has 0 radical (unpaired) electrons. The summed E-state index contributed by atoms with van der Waals surface area (Å²) in [6.45, 7) is -1.08. The minimum absolute atomic E-state index is 0.465. The fraction of sp³-hybridized carbons (Fsp3) is 0.176. The number of carbonyl (C=O) groups excluding carboxylic acids is 4. The molecule has 4 aromatic rings. The molecule has 0 amide bonds. The van der Waals surface area contributed by atoms with E-state index in [0.717, 1.165) is 0 Å². The molecule has 56 heavy (non-hydrogen) atoms. The van der Waals surface area contributed by atoms with Gasteiger partial charge in [-0.05, 0) is 24.3 Å². The average molecular weight is 785 g/mol. The highest BCUT2D eigenvalue weighted by molar-refractivity contribution is 6.10. The van der Waals surface area contributed by atoms with Crippen LogP contribution in [0.15, 0.2) is 24.3 Å². The van der Waals surface area contributed by atoms with Gasteiger partial charge in [-0.15, -0.1) is 0 Å². The van der Waals surface area contributed by atoms with Gasteiger partial charge in [0.2, 0.25) is 23.0 Å². The van der Waals surface area contributed by atoms with E-state index in [4.69, 9.17) is 23.7 Å². The Balaban J connectivity index is 1.44. The Morgan fingerprint density at radius 2 is 0.714 bits per heavy atom. The molecule has 5 atom stereocenters. The normalized spacial score (nSPS) is 21.8. The number of benzene rings is 4. The third kappa shape index (κ3) is 5.34. The molecule has 7 rings (SSSR count). The summed E-state index contributed by atoms with van der Waals surface area (Å²) < 4.78 is 27.2. The molecular weight excluding hydrogens is 760 g/mol. The van der Waals surface area contributed by atoms with Gasteiger partial charge in [0.15, 0.2) is 70.6 Å². The Bertz CT molecular complexity index is 2440. The number of phenols is 12. The molecular formula is C34H24O22. The van der Waals surface area contributed by atoms with Crippen LogP contribution >= 0.6 is 0 Å². The smallest absolute Gasteiger partial charge is 0.339 e. The molecule has 1 fully saturated rings. The van der Waals surface area contributed by atoms with Gasteiger partial charge in [-0.3, -0.25) is 0 Å². The van der Waals surface area contributed by atoms with Crippen LogP contribution in [0, 0.1) is 0 Å². The summed E-state index contributed by atoms with van der Waals surface area (Å²) in [6, 6.07) is 1.96. The summed E-state index contributed by atoms with van der Waals surface area (Å²) in [4.78, 5) is 55.3. The quantitative estimate of drug-likeness (QED) is 0.0661. The van der Waals surface area contributed by atoms with E-state index >= 15 is 0 Å². The summed E-state index contributed by atoms with van der Waals surface area (Å²) in [5.74, 6) is -21.9. The molecule has 4 aromatic carbocycles. The number of hydrogen-bond acceptors (Lipinski definition) is 22. The number of rotatable bonds is 0. The number of aromatic hydroxyl groups is 12. The van der Waals surface area contributed by atoms with Crippen LogP contribution in [0.2, 0.25) is 0 Å². The number of esters is 4. The molecule has 0 aliphatic carbocycles. The highest BCUT2D eigenvalue weighted by atomic mass is 16.7.